The number of morpholine rings is 1. The van der Waals surface area contributed by atoms with Crippen LogP contribution < -0.4 is 10.1 Å². The highest BCUT2D eigenvalue weighted by Gasteiger charge is 2.26. The first-order chi connectivity index (χ1) is 20.4. The maximum atomic E-state index is 13.2. The molecule has 0 unspecified atom stereocenters. The van der Waals surface area contributed by atoms with E-state index in [0.717, 1.165) is 71.2 Å². The molecule has 1 aromatic carbocycles. The van der Waals surface area contributed by atoms with Gasteiger partial charge in [0, 0.05) is 56.7 Å². The lowest BCUT2D eigenvalue weighted by Crippen LogP contribution is -2.40. The number of piperidine rings is 1. The van der Waals surface area contributed by atoms with Gasteiger partial charge in [0.2, 0.25) is 0 Å². The van der Waals surface area contributed by atoms with Crippen LogP contribution in [0.15, 0.2) is 43.2 Å². The Kier molecular flexibility index (Phi) is 8.68. The van der Waals surface area contributed by atoms with E-state index in [4.69, 9.17) is 9.47 Å². The molecule has 222 valence electrons. The third kappa shape index (κ3) is 6.43. The lowest BCUT2D eigenvalue weighted by molar-refractivity contribution is 0.0306. The molecule has 0 spiro atoms. The van der Waals surface area contributed by atoms with Crippen LogP contribution in [-0.2, 0) is 17.8 Å². The third-order valence-electron chi connectivity index (χ3n) is 7.95. The second kappa shape index (κ2) is 12.8. The predicted molar refractivity (Wildman–Crippen MR) is 164 cm³/mol. The van der Waals surface area contributed by atoms with Crippen molar-refractivity contribution in [2.24, 2.45) is 0 Å². The zero-order chi connectivity index (χ0) is 29.1. The number of anilines is 1. The van der Waals surface area contributed by atoms with E-state index in [-0.39, 0.29) is 12.0 Å². The van der Waals surface area contributed by atoms with Gasteiger partial charge in [-0.15, -0.1) is 11.3 Å². The number of fused-ring (bicyclic) bond motifs is 1. The number of imidazole rings is 1. The molecule has 1 N–H and O–H groups in total. The number of aryl methyl sites for hydroxylation is 1. The van der Waals surface area contributed by atoms with Crippen LogP contribution in [0.4, 0.5) is 5.82 Å². The van der Waals surface area contributed by atoms with Crippen LogP contribution in [0.1, 0.15) is 53.1 Å². The second-order valence-electron chi connectivity index (χ2n) is 11.4. The fraction of sp³-hybridized carbons (Fsp3) is 0.484. The topological polar surface area (TPSA) is 97.6 Å². The average molecular weight is 590 g/mol. The molecular formula is C31H39N7O3S. The molecule has 5 heterocycles. The summed E-state index contributed by atoms with van der Waals surface area (Å²) < 4.78 is 13.6. The number of hydrogen-bond donors (Lipinski definition) is 1. The van der Waals surface area contributed by atoms with Gasteiger partial charge in [-0.2, -0.15) is 0 Å². The first-order valence-electron chi connectivity index (χ1n) is 14.8. The zero-order valence-corrected chi connectivity index (χ0v) is 25.4. The summed E-state index contributed by atoms with van der Waals surface area (Å²) in [6.45, 7) is 12.2. The van der Waals surface area contributed by atoms with Gasteiger partial charge in [-0.1, -0.05) is 6.07 Å². The summed E-state index contributed by atoms with van der Waals surface area (Å²) in [5, 5.41) is 4.67. The second-order valence-corrected chi connectivity index (χ2v) is 12.4. The zero-order valence-electron chi connectivity index (χ0n) is 24.6. The van der Waals surface area contributed by atoms with E-state index in [1.807, 2.05) is 24.3 Å². The van der Waals surface area contributed by atoms with Crippen LogP contribution in [0.5, 0.6) is 5.75 Å². The van der Waals surface area contributed by atoms with Crippen molar-refractivity contribution >= 4 is 33.3 Å². The Morgan fingerprint density at radius 2 is 1.95 bits per heavy atom. The number of hydrogen-bond acceptors (Lipinski definition) is 9. The summed E-state index contributed by atoms with van der Waals surface area (Å²) in [5.74, 6) is 1.83. The van der Waals surface area contributed by atoms with E-state index in [1.54, 1.807) is 12.5 Å². The van der Waals surface area contributed by atoms with Crippen molar-refractivity contribution in [2.45, 2.75) is 58.8 Å². The molecule has 0 saturated carbocycles. The van der Waals surface area contributed by atoms with Crippen molar-refractivity contribution in [3.63, 3.8) is 0 Å². The van der Waals surface area contributed by atoms with Gasteiger partial charge in [-0.05, 0) is 56.9 Å². The van der Waals surface area contributed by atoms with Crippen molar-refractivity contribution in [3.8, 4) is 5.75 Å². The highest BCUT2D eigenvalue weighted by molar-refractivity contribution is 7.20. The first kappa shape index (κ1) is 28.6. The van der Waals surface area contributed by atoms with Crippen molar-refractivity contribution in [1.82, 2.24) is 29.3 Å². The summed E-state index contributed by atoms with van der Waals surface area (Å²) >= 11 is 1.46. The van der Waals surface area contributed by atoms with Crippen molar-refractivity contribution in [2.75, 3.05) is 44.7 Å². The molecular weight excluding hydrogens is 550 g/mol. The average Bonchev–Trinajstić information content (AvgIpc) is 3.63. The maximum absolute atomic E-state index is 13.2. The number of carbonyl (C=O) groups is 1. The number of thiophene rings is 1. The Hall–Kier alpha value is -3.54. The normalized spacial score (nSPS) is 16.8. The van der Waals surface area contributed by atoms with E-state index >= 15 is 0 Å². The van der Waals surface area contributed by atoms with Crippen LogP contribution in [0.3, 0.4) is 0 Å². The molecule has 2 saturated heterocycles. The fourth-order valence-corrected chi connectivity index (χ4v) is 6.90. The van der Waals surface area contributed by atoms with Crippen LogP contribution in [0.2, 0.25) is 0 Å². The first-order valence-corrected chi connectivity index (χ1v) is 15.6. The van der Waals surface area contributed by atoms with E-state index in [1.165, 1.54) is 22.5 Å². The van der Waals surface area contributed by atoms with Gasteiger partial charge in [0.05, 0.1) is 42.5 Å². The minimum atomic E-state index is 0.0649. The van der Waals surface area contributed by atoms with Crippen LogP contribution >= 0.6 is 11.3 Å². The molecule has 2 fully saturated rings. The van der Waals surface area contributed by atoms with Crippen LogP contribution in [0.25, 0.3) is 10.2 Å². The van der Waals surface area contributed by atoms with Gasteiger partial charge in [-0.3, -0.25) is 9.69 Å². The molecule has 1 amide bonds. The lowest BCUT2D eigenvalue weighted by atomic mass is 10.0. The quantitative estimate of drug-likeness (QED) is 0.303. The molecule has 4 aromatic rings. The predicted octanol–water partition coefficient (Wildman–Crippen LogP) is 4.58. The number of carbonyl (C=O) groups excluding carboxylic acids is 1. The molecule has 0 bridgehead atoms. The van der Waals surface area contributed by atoms with E-state index in [2.05, 4.69) is 61.8 Å². The van der Waals surface area contributed by atoms with Crippen LogP contribution in [-0.4, -0.2) is 86.8 Å². The van der Waals surface area contributed by atoms with Gasteiger partial charge < -0.3 is 24.3 Å². The molecule has 2 aliphatic rings. The Labute approximate surface area is 250 Å². The lowest BCUT2D eigenvalue weighted by Gasteiger charge is -2.33. The largest absolute Gasteiger partial charge is 0.491 e. The highest BCUT2D eigenvalue weighted by Crippen LogP contribution is 2.35. The summed E-state index contributed by atoms with van der Waals surface area (Å²) in [7, 11) is 0. The number of benzene rings is 1. The molecule has 3 aromatic heterocycles. The number of rotatable bonds is 9. The molecule has 10 nitrogen and oxygen atoms in total. The Morgan fingerprint density at radius 3 is 2.69 bits per heavy atom. The molecule has 0 radical (unpaired) electrons. The van der Waals surface area contributed by atoms with Crippen molar-refractivity contribution in [3.05, 3.63) is 64.8 Å². The SMILES string of the molecule is Cc1c(C(=O)N2CCOCC2)sc2ncnc(NC3CCN(Cc4ccc(OC(C)C)c(Cn5ccnc5)c4)CC3)c12. The Balaban J connectivity index is 1.10. The number of likely N-dealkylation sites (tertiary alicyclic amines) is 1. The van der Waals surface area contributed by atoms with Gasteiger partial charge in [0.25, 0.3) is 5.91 Å². The van der Waals surface area contributed by atoms with Crippen molar-refractivity contribution < 1.29 is 14.3 Å². The summed E-state index contributed by atoms with van der Waals surface area (Å²) in [5.41, 5.74) is 3.42. The monoisotopic (exact) mass is 589 g/mol. The third-order valence-corrected chi connectivity index (χ3v) is 9.14. The Morgan fingerprint density at radius 1 is 1.14 bits per heavy atom. The molecule has 42 heavy (non-hydrogen) atoms. The van der Waals surface area contributed by atoms with E-state index in [0.29, 0.717) is 32.3 Å². The molecule has 0 aliphatic carbocycles. The van der Waals surface area contributed by atoms with E-state index < -0.39 is 0 Å². The summed E-state index contributed by atoms with van der Waals surface area (Å²) in [6.07, 6.45) is 9.39. The Bertz CT molecular complexity index is 1510. The maximum Gasteiger partial charge on any atom is 0.264 e. The number of ether oxygens (including phenoxy) is 2. The van der Waals surface area contributed by atoms with Gasteiger partial charge in [0.1, 0.15) is 22.7 Å². The summed E-state index contributed by atoms with van der Waals surface area (Å²) in [4.78, 5) is 32.5. The standard InChI is InChI=1S/C31H39N7O3S/c1-21(2)41-26-5-4-23(16-24(26)18-37-11-8-32-20-37)17-36-9-6-25(7-10-36)35-29-27-22(3)28(42-30(27)34-19-33-29)31(39)38-12-14-40-15-13-38/h4-5,8,11,16,19-21,25H,6-7,9-10,12-15,17-18H2,1-3H3,(H,33,34,35). The number of nitrogens with one attached hydrogen (secondary N) is 1. The smallest absolute Gasteiger partial charge is 0.264 e. The van der Waals surface area contributed by atoms with Crippen LogP contribution in [0, 0.1) is 6.92 Å². The fourth-order valence-electron chi connectivity index (χ4n) is 5.78. The molecule has 11 heteroatoms. The number of nitrogens with zero attached hydrogens (tertiary/aromatic N) is 6. The number of aromatic nitrogens is 4. The van der Waals surface area contributed by atoms with Gasteiger partial charge in [0.15, 0.2) is 0 Å². The minimum absolute atomic E-state index is 0.0649. The number of amides is 1. The summed E-state index contributed by atoms with van der Waals surface area (Å²) in [6, 6.07) is 6.88. The highest BCUT2D eigenvalue weighted by atomic mass is 32.1. The van der Waals surface area contributed by atoms with E-state index in [9.17, 15) is 4.79 Å². The molecule has 2 aliphatic heterocycles. The molecule has 0 atom stereocenters. The van der Waals surface area contributed by atoms with Gasteiger partial charge >= 0.3 is 0 Å². The van der Waals surface area contributed by atoms with Gasteiger partial charge in [-0.25, -0.2) is 15.0 Å². The minimum Gasteiger partial charge on any atom is -0.491 e. The van der Waals surface area contributed by atoms with Crippen molar-refractivity contribution in [1.29, 1.82) is 0 Å². The molecule has 6 rings (SSSR count).